The number of alkyl carbamates (subject to hydrolysis) is 1. The summed E-state index contributed by atoms with van der Waals surface area (Å²) < 4.78 is 5.63. The summed E-state index contributed by atoms with van der Waals surface area (Å²) in [5, 5.41) is 12.5. The number of amides is 2. The largest absolute Gasteiger partial charge is 0.479 e. The third-order valence-corrected chi connectivity index (χ3v) is 7.32. The molecule has 180 valence electrons. The van der Waals surface area contributed by atoms with Gasteiger partial charge in [0.05, 0.1) is 0 Å². The van der Waals surface area contributed by atoms with Gasteiger partial charge in [0.15, 0.2) is 0 Å². The molecule has 1 saturated carbocycles. The van der Waals surface area contributed by atoms with Crippen LogP contribution in [0.2, 0.25) is 0 Å². The van der Waals surface area contributed by atoms with Gasteiger partial charge in [0.1, 0.15) is 12.1 Å². The average Bonchev–Trinajstić information content (AvgIpc) is 3.10. The topological polar surface area (TPSA) is 95.9 Å². The van der Waals surface area contributed by atoms with E-state index >= 15 is 0 Å². The maximum Gasteiger partial charge on any atom is 0.407 e. The fourth-order valence-corrected chi connectivity index (χ4v) is 5.17. The van der Waals surface area contributed by atoms with E-state index in [2.05, 4.69) is 29.6 Å². The highest BCUT2D eigenvalue weighted by molar-refractivity contribution is 5.88. The number of carbonyl (C=O) groups is 3. The number of carboxylic acid groups (broad SMARTS) is 1. The first kappa shape index (κ1) is 23.8. The highest BCUT2D eigenvalue weighted by Crippen LogP contribution is 2.44. The van der Waals surface area contributed by atoms with Crippen molar-refractivity contribution in [3.05, 3.63) is 59.7 Å². The molecule has 1 atom stereocenters. The van der Waals surface area contributed by atoms with Crippen LogP contribution in [0.25, 0.3) is 11.1 Å². The molecule has 0 saturated heterocycles. The van der Waals surface area contributed by atoms with Gasteiger partial charge in [-0.3, -0.25) is 4.79 Å². The Hall–Kier alpha value is -3.35. The predicted octanol–water partition coefficient (Wildman–Crippen LogP) is 4.55. The second kappa shape index (κ2) is 9.87. The van der Waals surface area contributed by atoms with Crippen molar-refractivity contribution in [2.75, 3.05) is 13.7 Å². The van der Waals surface area contributed by atoms with Crippen molar-refractivity contribution in [1.29, 1.82) is 0 Å². The smallest absolute Gasteiger partial charge is 0.407 e. The van der Waals surface area contributed by atoms with Gasteiger partial charge in [0, 0.05) is 25.4 Å². The van der Waals surface area contributed by atoms with E-state index < -0.39 is 23.6 Å². The van der Waals surface area contributed by atoms with Crippen molar-refractivity contribution in [3.8, 4) is 11.1 Å². The van der Waals surface area contributed by atoms with Crippen LogP contribution in [-0.4, -0.2) is 53.2 Å². The van der Waals surface area contributed by atoms with Crippen LogP contribution < -0.4 is 5.32 Å². The van der Waals surface area contributed by atoms with E-state index in [0.717, 1.165) is 35.1 Å². The quantitative estimate of drug-likeness (QED) is 0.568. The molecule has 2 aromatic rings. The second-order valence-corrected chi connectivity index (χ2v) is 9.30. The Kier molecular flexibility index (Phi) is 6.91. The van der Waals surface area contributed by atoms with E-state index in [1.54, 1.807) is 7.05 Å². The number of hydrogen-bond donors (Lipinski definition) is 2. The zero-order valence-corrected chi connectivity index (χ0v) is 19.8. The van der Waals surface area contributed by atoms with E-state index in [9.17, 15) is 19.5 Å². The third kappa shape index (κ3) is 4.39. The number of aliphatic carboxylic acids is 1. The second-order valence-electron chi connectivity index (χ2n) is 9.30. The van der Waals surface area contributed by atoms with Gasteiger partial charge in [0.2, 0.25) is 5.91 Å². The molecule has 2 N–H and O–H groups in total. The van der Waals surface area contributed by atoms with Crippen LogP contribution in [0.5, 0.6) is 0 Å². The van der Waals surface area contributed by atoms with Crippen LogP contribution in [0.3, 0.4) is 0 Å². The lowest BCUT2D eigenvalue weighted by Crippen LogP contribution is -2.60. The maximum atomic E-state index is 12.9. The molecule has 4 rings (SSSR count). The van der Waals surface area contributed by atoms with Crippen LogP contribution in [-0.2, 0) is 14.3 Å². The molecule has 0 spiro atoms. The number of nitrogens with one attached hydrogen (secondary N) is 1. The predicted molar refractivity (Wildman–Crippen MR) is 129 cm³/mol. The lowest BCUT2D eigenvalue weighted by Gasteiger charge is -2.45. The average molecular weight is 465 g/mol. The van der Waals surface area contributed by atoms with Gasteiger partial charge in [-0.05, 0) is 47.9 Å². The van der Waals surface area contributed by atoms with Crippen molar-refractivity contribution in [2.24, 2.45) is 0 Å². The van der Waals surface area contributed by atoms with Gasteiger partial charge in [-0.2, -0.15) is 0 Å². The Morgan fingerprint density at radius 1 is 1.09 bits per heavy atom. The molecule has 2 aliphatic rings. The van der Waals surface area contributed by atoms with E-state index in [0.29, 0.717) is 19.3 Å². The minimum absolute atomic E-state index is 0.0374. The summed E-state index contributed by atoms with van der Waals surface area (Å²) in [7, 11) is 1.55. The van der Waals surface area contributed by atoms with E-state index in [4.69, 9.17) is 4.74 Å². The lowest BCUT2D eigenvalue weighted by atomic mass is 9.75. The first-order valence-electron chi connectivity index (χ1n) is 12.0. The highest BCUT2D eigenvalue weighted by Gasteiger charge is 2.49. The Morgan fingerprint density at radius 2 is 1.68 bits per heavy atom. The molecule has 0 aromatic heterocycles. The van der Waals surface area contributed by atoms with Crippen molar-refractivity contribution in [2.45, 2.75) is 62.9 Å². The van der Waals surface area contributed by atoms with E-state index in [1.165, 1.54) is 4.90 Å². The Balaban J connectivity index is 1.37. The summed E-state index contributed by atoms with van der Waals surface area (Å²) in [4.78, 5) is 38.6. The molecule has 2 amide bonds. The van der Waals surface area contributed by atoms with Gasteiger partial charge < -0.3 is 20.1 Å². The fraction of sp³-hybridized carbons (Fsp3) is 0.444. The van der Waals surface area contributed by atoms with E-state index in [1.807, 2.05) is 31.2 Å². The summed E-state index contributed by atoms with van der Waals surface area (Å²) in [6, 6.07) is 15.9. The Morgan fingerprint density at radius 3 is 2.18 bits per heavy atom. The minimum Gasteiger partial charge on any atom is -0.479 e. The molecule has 7 heteroatoms. The molecule has 2 aromatic carbocycles. The number of carbonyl (C=O) groups excluding carboxylic acids is 2. The lowest BCUT2D eigenvalue weighted by molar-refractivity contribution is -0.164. The summed E-state index contributed by atoms with van der Waals surface area (Å²) in [5.74, 6) is -1.28. The van der Waals surface area contributed by atoms with Crippen molar-refractivity contribution in [1.82, 2.24) is 10.2 Å². The first-order valence-corrected chi connectivity index (χ1v) is 12.0. The molecule has 0 bridgehead atoms. The summed E-state index contributed by atoms with van der Waals surface area (Å²) in [6.45, 7) is 2.18. The molecular weight excluding hydrogens is 432 g/mol. The van der Waals surface area contributed by atoms with Gasteiger partial charge in [-0.1, -0.05) is 61.9 Å². The third-order valence-electron chi connectivity index (χ3n) is 7.32. The fourth-order valence-electron chi connectivity index (χ4n) is 5.17. The molecule has 2 aliphatic carbocycles. The monoisotopic (exact) mass is 464 g/mol. The molecule has 0 unspecified atom stereocenters. The molecule has 34 heavy (non-hydrogen) atoms. The Bertz CT molecular complexity index is 1030. The van der Waals surface area contributed by atoms with Gasteiger partial charge in [-0.25, -0.2) is 9.59 Å². The standard InChI is InChI=1S/C27H32N2O5/c1-3-9-18(16-24(30)29(2)27(25(31)32)14-8-15-27)28-26(33)34-17-23-21-12-6-4-10-19(21)20-11-5-7-13-22(20)23/h4-7,10-13,18,23H,3,8-9,14-17H2,1-2H3,(H,28,33)(H,31,32)/t18-/m1/s1. The van der Waals surface area contributed by atoms with Crippen molar-refractivity contribution in [3.63, 3.8) is 0 Å². The van der Waals surface area contributed by atoms with Crippen LogP contribution in [0.4, 0.5) is 4.79 Å². The van der Waals surface area contributed by atoms with Crippen molar-refractivity contribution < 1.29 is 24.2 Å². The molecule has 0 aliphatic heterocycles. The molecule has 0 heterocycles. The number of likely N-dealkylation sites (N-methyl/N-ethyl adjacent to an activating group) is 1. The molecule has 1 fully saturated rings. The van der Waals surface area contributed by atoms with Crippen LogP contribution in [0, 0.1) is 0 Å². The van der Waals surface area contributed by atoms with Crippen LogP contribution >= 0.6 is 0 Å². The number of nitrogens with zero attached hydrogens (tertiary/aromatic N) is 1. The van der Waals surface area contributed by atoms with Gasteiger partial charge in [-0.15, -0.1) is 0 Å². The maximum absolute atomic E-state index is 12.9. The molecule has 0 radical (unpaired) electrons. The SMILES string of the molecule is CCC[C@H](CC(=O)N(C)C1(C(=O)O)CCC1)NC(=O)OCC1c2ccccc2-c2ccccc21. The molecular formula is C27H32N2O5. The minimum atomic E-state index is -1.11. The number of carboxylic acids is 1. The van der Waals surface area contributed by atoms with Gasteiger partial charge >= 0.3 is 12.1 Å². The normalized spacial score (nSPS) is 16.5. The van der Waals surface area contributed by atoms with Crippen LogP contribution in [0.1, 0.15) is 62.5 Å². The molecule has 7 nitrogen and oxygen atoms in total. The Labute approximate surface area is 200 Å². The number of rotatable bonds is 9. The highest BCUT2D eigenvalue weighted by atomic mass is 16.5. The number of ether oxygens (including phenoxy) is 1. The van der Waals surface area contributed by atoms with Gasteiger partial charge in [0.25, 0.3) is 0 Å². The zero-order chi connectivity index (χ0) is 24.3. The summed E-state index contributed by atoms with van der Waals surface area (Å²) in [6.07, 6.45) is 2.57. The number of fused-ring (bicyclic) bond motifs is 3. The number of hydrogen-bond acceptors (Lipinski definition) is 4. The summed E-state index contributed by atoms with van der Waals surface area (Å²) in [5.41, 5.74) is 3.48. The summed E-state index contributed by atoms with van der Waals surface area (Å²) >= 11 is 0. The first-order chi connectivity index (χ1) is 16.4. The van der Waals surface area contributed by atoms with E-state index in [-0.39, 0.29) is 24.9 Å². The number of benzene rings is 2. The van der Waals surface area contributed by atoms with Crippen molar-refractivity contribution >= 4 is 18.0 Å². The van der Waals surface area contributed by atoms with Crippen LogP contribution in [0.15, 0.2) is 48.5 Å². The zero-order valence-electron chi connectivity index (χ0n) is 19.8.